The number of carbonyl (C=O) groups is 4. The topological polar surface area (TPSA) is 136 Å². The number of esters is 2. The van der Waals surface area contributed by atoms with E-state index in [0.29, 0.717) is 39.1 Å². The molecule has 0 saturated carbocycles. The molecule has 0 heterocycles. The fourth-order valence-electron chi connectivity index (χ4n) is 1.46. The molecule has 0 aliphatic heterocycles. The normalized spacial score (nSPS) is 9.38. The predicted molar refractivity (Wildman–Crippen MR) is 118 cm³/mol. The molecule has 12 heteroatoms. The van der Waals surface area contributed by atoms with Gasteiger partial charge in [0.2, 0.25) is 0 Å². The second-order valence-corrected chi connectivity index (χ2v) is 5.59. The van der Waals surface area contributed by atoms with Crippen LogP contribution in [0.3, 0.4) is 0 Å². The number of ether oxygens (including phenoxy) is 2. The zero-order valence-corrected chi connectivity index (χ0v) is 20.0. The number of hydrogen-bond acceptors (Lipinski definition) is 12. The van der Waals surface area contributed by atoms with E-state index in [1.807, 2.05) is 38.2 Å². The molecule has 0 radical (unpaired) electrons. The fraction of sp³-hybridized carbons (Fsp3) is 0.600. The molecule has 2 N–H and O–H groups in total. The molecule has 0 unspecified atom stereocenters. The first-order chi connectivity index (χ1) is 15.1. The first kappa shape index (κ1) is 33.8. The molecule has 0 bridgehead atoms. The minimum atomic E-state index is -0.824. The van der Waals surface area contributed by atoms with Gasteiger partial charge >= 0.3 is 23.9 Å². The molecule has 0 aliphatic carbocycles. The third-order valence-electron chi connectivity index (χ3n) is 3.26. The smallest absolute Gasteiger partial charge is 0.378 e. The molecule has 0 rings (SSSR count). The van der Waals surface area contributed by atoms with Crippen LogP contribution in [0.5, 0.6) is 0 Å². The van der Waals surface area contributed by atoms with Gasteiger partial charge < -0.3 is 9.47 Å². The lowest BCUT2D eigenvalue weighted by Crippen LogP contribution is -2.39. The number of hydrogen-bond donors (Lipinski definition) is 2. The summed E-state index contributed by atoms with van der Waals surface area (Å²) in [5.41, 5.74) is 5.36. The van der Waals surface area contributed by atoms with E-state index in [4.69, 9.17) is 9.47 Å². The lowest BCUT2D eigenvalue weighted by molar-refractivity contribution is -0.250. The van der Waals surface area contributed by atoms with Crippen LogP contribution in [-0.4, -0.2) is 88.4 Å². The molecule has 0 saturated heterocycles. The Labute approximate surface area is 190 Å². The molecule has 0 aromatic carbocycles. The molecule has 0 spiro atoms. The van der Waals surface area contributed by atoms with Crippen molar-refractivity contribution in [2.24, 2.45) is 0 Å². The van der Waals surface area contributed by atoms with Crippen LogP contribution in [0, 0.1) is 0 Å². The van der Waals surface area contributed by atoms with Crippen molar-refractivity contribution < 1.29 is 38.4 Å². The van der Waals surface area contributed by atoms with Gasteiger partial charge in [0, 0.05) is 39.3 Å². The number of rotatable bonds is 12. The van der Waals surface area contributed by atoms with Crippen LogP contribution in [0.2, 0.25) is 0 Å². The summed E-state index contributed by atoms with van der Waals surface area (Å²) in [5, 5.41) is 3.77. The molecule has 0 fully saturated rings. The zero-order chi connectivity index (χ0) is 25.4. The zero-order valence-electron chi connectivity index (χ0n) is 20.0. The van der Waals surface area contributed by atoms with Crippen molar-refractivity contribution in [3.63, 3.8) is 0 Å². The van der Waals surface area contributed by atoms with Gasteiger partial charge in [0.05, 0.1) is 26.1 Å². The van der Waals surface area contributed by atoms with Crippen LogP contribution in [0.1, 0.15) is 26.7 Å². The van der Waals surface area contributed by atoms with Gasteiger partial charge in [-0.15, -0.1) is 0 Å². The highest BCUT2D eigenvalue weighted by atomic mass is 17.2. The monoisotopic (exact) mass is 462 g/mol. The molecule has 0 aromatic rings. The van der Waals surface area contributed by atoms with Gasteiger partial charge in [-0.2, -0.15) is 0 Å². The van der Waals surface area contributed by atoms with Gasteiger partial charge in [-0.3, -0.25) is 20.4 Å². The standard InChI is InChI=1S/C12H24N2O4.C6H6O4.C2H8N2/c1-5-17-11(15)7-9-13(3)14(4)10-8-12(16)18-6-2;1-3-5(7)9-10-6(8)4-2;1-3-4-2/h5-10H2,1-4H3;3-4H,1-2H2;3-4H,1-2H3. The molecular weight excluding hydrogens is 424 g/mol. The number of carbonyl (C=O) groups excluding carboxylic acids is 4. The molecule has 0 amide bonds. The number of nitrogens with zero attached hydrogens (tertiary/aromatic N) is 2. The van der Waals surface area contributed by atoms with Crippen molar-refractivity contribution in [2.75, 3.05) is 54.5 Å². The lowest BCUT2D eigenvalue weighted by atomic mass is 10.4. The minimum absolute atomic E-state index is 0.205. The first-order valence-electron chi connectivity index (χ1n) is 9.87. The van der Waals surface area contributed by atoms with E-state index in [2.05, 4.69) is 33.8 Å². The summed E-state index contributed by atoms with van der Waals surface area (Å²) in [6, 6.07) is 0. The molecule has 0 aromatic heterocycles. The van der Waals surface area contributed by atoms with E-state index in [9.17, 15) is 19.2 Å². The van der Waals surface area contributed by atoms with Crippen molar-refractivity contribution in [1.82, 2.24) is 20.9 Å². The van der Waals surface area contributed by atoms with Crippen LogP contribution in [0.25, 0.3) is 0 Å². The van der Waals surface area contributed by atoms with Gasteiger partial charge in [0.25, 0.3) is 0 Å². The molecule has 186 valence electrons. The van der Waals surface area contributed by atoms with E-state index in [1.54, 1.807) is 13.8 Å². The maximum absolute atomic E-state index is 11.2. The summed E-state index contributed by atoms with van der Waals surface area (Å²) < 4.78 is 9.69. The largest absolute Gasteiger partial charge is 0.466 e. The average Bonchev–Trinajstić information content (AvgIpc) is 2.79. The molecule has 32 heavy (non-hydrogen) atoms. The Morgan fingerprint density at radius 1 is 0.750 bits per heavy atom. The summed E-state index contributed by atoms with van der Waals surface area (Å²) in [7, 11) is 7.37. The summed E-state index contributed by atoms with van der Waals surface area (Å²) in [4.78, 5) is 50.5. The SMILES string of the molecule is C=CC(=O)OOC(=O)C=C.CCOC(=O)CCN(C)N(C)CCC(=O)OCC.CNNC. The van der Waals surface area contributed by atoms with Crippen molar-refractivity contribution in [1.29, 1.82) is 0 Å². The van der Waals surface area contributed by atoms with Gasteiger partial charge in [0.15, 0.2) is 0 Å². The number of nitrogens with one attached hydrogen (secondary N) is 2. The lowest BCUT2D eigenvalue weighted by Gasteiger charge is -2.27. The van der Waals surface area contributed by atoms with Crippen LogP contribution in [0.4, 0.5) is 0 Å². The quantitative estimate of drug-likeness (QED) is 0.179. The third-order valence-corrected chi connectivity index (χ3v) is 3.26. The van der Waals surface area contributed by atoms with E-state index >= 15 is 0 Å². The Hall–Kier alpha value is -2.80. The van der Waals surface area contributed by atoms with E-state index in [1.165, 1.54) is 0 Å². The average molecular weight is 463 g/mol. The second-order valence-electron chi connectivity index (χ2n) is 5.59. The van der Waals surface area contributed by atoms with Crippen molar-refractivity contribution in [3.8, 4) is 0 Å². The van der Waals surface area contributed by atoms with Gasteiger partial charge in [-0.05, 0) is 27.9 Å². The Bertz CT molecular complexity index is 510. The van der Waals surface area contributed by atoms with Crippen LogP contribution in [0.15, 0.2) is 25.3 Å². The Morgan fingerprint density at radius 2 is 1.06 bits per heavy atom. The van der Waals surface area contributed by atoms with E-state index in [-0.39, 0.29) is 11.9 Å². The first-order valence-corrected chi connectivity index (χ1v) is 9.87. The third kappa shape index (κ3) is 25.2. The Morgan fingerprint density at radius 3 is 1.28 bits per heavy atom. The molecule has 12 nitrogen and oxygen atoms in total. The second kappa shape index (κ2) is 24.5. The molecule has 0 aliphatic rings. The van der Waals surface area contributed by atoms with Crippen molar-refractivity contribution in [3.05, 3.63) is 25.3 Å². The van der Waals surface area contributed by atoms with Gasteiger partial charge in [0.1, 0.15) is 0 Å². The molecular formula is C20H38N4O8. The van der Waals surface area contributed by atoms with Crippen molar-refractivity contribution in [2.45, 2.75) is 26.7 Å². The van der Waals surface area contributed by atoms with E-state index in [0.717, 1.165) is 12.2 Å². The summed E-state index contributed by atoms with van der Waals surface area (Å²) in [5.74, 6) is -2.06. The maximum atomic E-state index is 11.2. The van der Waals surface area contributed by atoms with Crippen LogP contribution < -0.4 is 10.9 Å². The summed E-state index contributed by atoms with van der Waals surface area (Å²) >= 11 is 0. The van der Waals surface area contributed by atoms with Crippen molar-refractivity contribution >= 4 is 23.9 Å². The molecule has 0 atom stereocenters. The summed E-state index contributed by atoms with van der Waals surface area (Å²) in [6.07, 6.45) is 2.43. The Kier molecular flexibility index (Phi) is 25.9. The van der Waals surface area contributed by atoms with Gasteiger partial charge in [-0.25, -0.2) is 29.4 Å². The minimum Gasteiger partial charge on any atom is -0.466 e. The maximum Gasteiger partial charge on any atom is 0.378 e. The highest BCUT2D eigenvalue weighted by Gasteiger charge is 2.11. The van der Waals surface area contributed by atoms with E-state index < -0.39 is 11.9 Å². The Balaban J connectivity index is -0.000000502. The number of hydrazine groups is 2. The van der Waals surface area contributed by atoms with Gasteiger partial charge in [-0.1, -0.05) is 13.2 Å². The predicted octanol–water partition coefficient (Wildman–Crippen LogP) is 0.371. The highest BCUT2D eigenvalue weighted by Crippen LogP contribution is 1.98. The highest BCUT2D eigenvalue weighted by molar-refractivity contribution is 5.84. The fourth-order valence-corrected chi connectivity index (χ4v) is 1.46. The summed E-state index contributed by atoms with van der Waals surface area (Å²) in [6.45, 7) is 11.7. The van der Waals surface area contributed by atoms with Crippen LogP contribution >= 0.6 is 0 Å². The van der Waals surface area contributed by atoms with Crippen LogP contribution in [-0.2, 0) is 38.4 Å².